The molecule has 6 nitrogen and oxygen atoms in total. The first-order valence-corrected chi connectivity index (χ1v) is 10.5. The van der Waals surface area contributed by atoms with E-state index in [4.69, 9.17) is 18.9 Å². The maximum absolute atomic E-state index is 10.6. The molecule has 1 N–H and O–H groups in total. The fraction of sp³-hybridized carbons (Fsp3) is 0.500. The molecule has 30 heavy (non-hydrogen) atoms. The predicted molar refractivity (Wildman–Crippen MR) is 116 cm³/mol. The SMILES string of the molecule is COc1ccc(CN(C[C@@H](O)COCc2ccccc2)C[C@H]2CCCO2)cc1OC. The van der Waals surface area contributed by atoms with Crippen LogP contribution in [0.3, 0.4) is 0 Å². The topological polar surface area (TPSA) is 60.4 Å². The van der Waals surface area contributed by atoms with Gasteiger partial charge in [0.15, 0.2) is 11.5 Å². The zero-order chi connectivity index (χ0) is 21.2. The number of hydrogen-bond donors (Lipinski definition) is 1. The Morgan fingerprint density at radius 1 is 1.07 bits per heavy atom. The molecule has 1 heterocycles. The molecule has 0 unspecified atom stereocenters. The minimum absolute atomic E-state index is 0.211. The van der Waals surface area contributed by atoms with Gasteiger partial charge >= 0.3 is 0 Å². The highest BCUT2D eigenvalue weighted by Crippen LogP contribution is 2.28. The third kappa shape index (κ3) is 6.99. The van der Waals surface area contributed by atoms with Crippen LogP contribution in [0.25, 0.3) is 0 Å². The summed E-state index contributed by atoms with van der Waals surface area (Å²) in [6, 6.07) is 15.9. The van der Waals surface area contributed by atoms with Crippen LogP contribution in [-0.2, 0) is 22.6 Å². The molecule has 2 atom stereocenters. The average Bonchev–Trinajstić information content (AvgIpc) is 3.27. The Labute approximate surface area is 179 Å². The van der Waals surface area contributed by atoms with E-state index in [1.54, 1.807) is 14.2 Å². The molecule has 1 aliphatic rings. The molecular weight excluding hydrogens is 382 g/mol. The Kier molecular flexibility index (Phi) is 8.96. The lowest BCUT2D eigenvalue weighted by Gasteiger charge is -2.27. The molecule has 6 heteroatoms. The highest BCUT2D eigenvalue weighted by molar-refractivity contribution is 5.42. The highest BCUT2D eigenvalue weighted by Gasteiger charge is 2.22. The summed E-state index contributed by atoms with van der Waals surface area (Å²) >= 11 is 0. The molecule has 1 aliphatic heterocycles. The molecule has 1 fully saturated rings. The zero-order valence-electron chi connectivity index (χ0n) is 18.0. The van der Waals surface area contributed by atoms with E-state index in [-0.39, 0.29) is 6.10 Å². The fourth-order valence-electron chi connectivity index (χ4n) is 3.75. The van der Waals surface area contributed by atoms with E-state index in [2.05, 4.69) is 4.90 Å². The third-order valence-corrected chi connectivity index (χ3v) is 5.23. The number of ether oxygens (including phenoxy) is 4. The Bertz CT molecular complexity index is 749. The summed E-state index contributed by atoms with van der Waals surface area (Å²) in [6.07, 6.45) is 1.79. The first-order chi connectivity index (χ1) is 14.7. The van der Waals surface area contributed by atoms with Gasteiger partial charge in [-0.05, 0) is 36.1 Å². The molecular formula is C24H33NO5. The average molecular weight is 416 g/mol. The number of nitrogens with zero attached hydrogens (tertiary/aromatic N) is 1. The van der Waals surface area contributed by atoms with Crippen molar-refractivity contribution in [2.24, 2.45) is 0 Å². The molecule has 164 valence electrons. The van der Waals surface area contributed by atoms with Crippen LogP contribution < -0.4 is 9.47 Å². The number of benzene rings is 2. The van der Waals surface area contributed by atoms with Gasteiger partial charge in [0.25, 0.3) is 0 Å². The van der Waals surface area contributed by atoms with Gasteiger partial charge in [0, 0.05) is 26.2 Å². The van der Waals surface area contributed by atoms with E-state index >= 15 is 0 Å². The highest BCUT2D eigenvalue weighted by atomic mass is 16.5. The summed E-state index contributed by atoms with van der Waals surface area (Å²) in [7, 11) is 3.27. The lowest BCUT2D eigenvalue weighted by atomic mass is 10.1. The quantitative estimate of drug-likeness (QED) is 0.574. The number of hydrogen-bond acceptors (Lipinski definition) is 6. The maximum atomic E-state index is 10.6. The first-order valence-electron chi connectivity index (χ1n) is 10.5. The van der Waals surface area contributed by atoms with Gasteiger partial charge in [-0.1, -0.05) is 36.4 Å². The van der Waals surface area contributed by atoms with Gasteiger partial charge in [-0.25, -0.2) is 0 Å². The lowest BCUT2D eigenvalue weighted by molar-refractivity contribution is -0.00288. The summed E-state index contributed by atoms with van der Waals surface area (Å²) < 4.78 is 22.3. The maximum Gasteiger partial charge on any atom is 0.161 e. The van der Waals surface area contributed by atoms with Crippen LogP contribution in [0.15, 0.2) is 48.5 Å². The van der Waals surface area contributed by atoms with Crippen molar-refractivity contribution < 1.29 is 24.1 Å². The molecule has 3 rings (SSSR count). The van der Waals surface area contributed by atoms with Crippen LogP contribution in [0.4, 0.5) is 0 Å². The van der Waals surface area contributed by atoms with E-state index in [1.807, 2.05) is 48.5 Å². The van der Waals surface area contributed by atoms with Crippen LogP contribution in [0.5, 0.6) is 11.5 Å². The van der Waals surface area contributed by atoms with Crippen molar-refractivity contribution in [2.45, 2.75) is 38.2 Å². The van der Waals surface area contributed by atoms with Gasteiger partial charge in [0.05, 0.1) is 39.6 Å². The molecule has 0 bridgehead atoms. The Morgan fingerprint density at radius 2 is 1.87 bits per heavy atom. The molecule has 0 aromatic heterocycles. The fourth-order valence-corrected chi connectivity index (χ4v) is 3.75. The minimum Gasteiger partial charge on any atom is -0.493 e. The predicted octanol–water partition coefficient (Wildman–Crippen LogP) is 3.26. The van der Waals surface area contributed by atoms with Crippen molar-refractivity contribution in [3.05, 3.63) is 59.7 Å². The van der Waals surface area contributed by atoms with Gasteiger partial charge in [0.2, 0.25) is 0 Å². The Morgan fingerprint density at radius 3 is 2.57 bits per heavy atom. The van der Waals surface area contributed by atoms with Gasteiger partial charge < -0.3 is 24.1 Å². The van der Waals surface area contributed by atoms with Gasteiger partial charge in [-0.3, -0.25) is 4.90 Å². The summed E-state index contributed by atoms with van der Waals surface area (Å²) in [5, 5.41) is 10.6. The molecule has 0 spiro atoms. The standard InChI is InChI=1S/C24H33NO5/c1-27-23-11-10-20(13-24(23)28-2)14-25(16-22-9-6-12-30-22)15-21(26)18-29-17-19-7-4-3-5-8-19/h3-5,7-8,10-11,13,21-22,26H,6,9,12,14-18H2,1-2H3/t21-,22-/m1/s1. The molecule has 0 amide bonds. The second kappa shape index (κ2) is 11.9. The Balaban J connectivity index is 1.57. The monoisotopic (exact) mass is 415 g/mol. The zero-order valence-corrected chi connectivity index (χ0v) is 18.0. The van der Waals surface area contributed by atoms with Crippen molar-refractivity contribution in [2.75, 3.05) is 40.5 Å². The normalized spacial score (nSPS) is 17.3. The van der Waals surface area contributed by atoms with Crippen molar-refractivity contribution in [1.82, 2.24) is 4.90 Å². The Hall–Kier alpha value is -2.12. The van der Waals surface area contributed by atoms with Crippen molar-refractivity contribution >= 4 is 0 Å². The van der Waals surface area contributed by atoms with Gasteiger partial charge in [0.1, 0.15) is 0 Å². The van der Waals surface area contributed by atoms with Crippen molar-refractivity contribution in [3.63, 3.8) is 0 Å². The summed E-state index contributed by atoms with van der Waals surface area (Å²) in [6.45, 7) is 3.60. The smallest absolute Gasteiger partial charge is 0.161 e. The second-order valence-corrected chi connectivity index (χ2v) is 7.67. The molecule has 0 aliphatic carbocycles. The van der Waals surface area contributed by atoms with Gasteiger partial charge in [-0.2, -0.15) is 0 Å². The first kappa shape index (κ1) is 22.6. The molecule has 0 radical (unpaired) electrons. The summed E-state index contributed by atoms with van der Waals surface area (Å²) in [4.78, 5) is 2.23. The summed E-state index contributed by atoms with van der Waals surface area (Å²) in [5.41, 5.74) is 2.20. The van der Waals surface area contributed by atoms with Gasteiger partial charge in [-0.15, -0.1) is 0 Å². The molecule has 2 aromatic carbocycles. The number of methoxy groups -OCH3 is 2. The van der Waals surface area contributed by atoms with E-state index in [0.717, 1.165) is 37.1 Å². The van der Waals surface area contributed by atoms with Crippen LogP contribution in [0, 0.1) is 0 Å². The van der Waals surface area contributed by atoms with Crippen molar-refractivity contribution in [1.29, 1.82) is 0 Å². The van der Waals surface area contributed by atoms with Crippen molar-refractivity contribution in [3.8, 4) is 11.5 Å². The minimum atomic E-state index is -0.574. The second-order valence-electron chi connectivity index (χ2n) is 7.67. The third-order valence-electron chi connectivity index (χ3n) is 5.23. The number of rotatable bonds is 12. The molecule has 0 saturated carbocycles. The molecule has 2 aromatic rings. The van der Waals surface area contributed by atoms with Crippen LogP contribution in [0.1, 0.15) is 24.0 Å². The van der Waals surface area contributed by atoms with E-state index < -0.39 is 6.10 Å². The van der Waals surface area contributed by atoms with Crippen LogP contribution >= 0.6 is 0 Å². The number of aliphatic hydroxyl groups is 1. The van der Waals surface area contributed by atoms with Crippen LogP contribution in [-0.4, -0.2) is 62.7 Å². The summed E-state index contributed by atoms with van der Waals surface area (Å²) in [5.74, 6) is 1.42. The largest absolute Gasteiger partial charge is 0.493 e. The lowest BCUT2D eigenvalue weighted by Crippen LogP contribution is -2.39. The number of aliphatic hydroxyl groups excluding tert-OH is 1. The van der Waals surface area contributed by atoms with E-state index in [1.165, 1.54) is 0 Å². The van der Waals surface area contributed by atoms with Crippen LogP contribution in [0.2, 0.25) is 0 Å². The van der Waals surface area contributed by atoms with E-state index in [0.29, 0.717) is 37.8 Å². The molecule has 1 saturated heterocycles. The van der Waals surface area contributed by atoms with E-state index in [9.17, 15) is 5.11 Å².